The first-order valence-electron chi connectivity index (χ1n) is 4.90. The van der Waals surface area contributed by atoms with Crippen molar-refractivity contribution in [2.45, 2.75) is 13.0 Å². The van der Waals surface area contributed by atoms with Crippen molar-refractivity contribution in [1.82, 2.24) is 0 Å². The zero-order valence-electron chi connectivity index (χ0n) is 8.36. The van der Waals surface area contributed by atoms with Gasteiger partial charge in [0.1, 0.15) is 0 Å². The van der Waals surface area contributed by atoms with E-state index >= 15 is 0 Å². The minimum atomic E-state index is -0.00981. The molecule has 1 aromatic carbocycles. The van der Waals surface area contributed by atoms with Gasteiger partial charge in [-0.05, 0) is 30.7 Å². The molecule has 0 saturated heterocycles. The average molecular weight is 201 g/mol. The first-order valence-corrected chi connectivity index (χ1v) is 4.90. The molecule has 0 fully saturated rings. The quantitative estimate of drug-likeness (QED) is 0.657. The zero-order valence-corrected chi connectivity index (χ0v) is 8.36. The molecule has 3 aromatic rings. The molecular formula is C12H11NO2. The van der Waals surface area contributed by atoms with Crippen molar-refractivity contribution in [2.75, 3.05) is 0 Å². The van der Waals surface area contributed by atoms with Gasteiger partial charge in [-0.25, -0.2) is 0 Å². The number of hydrogen-bond acceptors (Lipinski definition) is 3. The maximum atomic E-state index is 5.93. The third kappa shape index (κ3) is 1.10. The van der Waals surface area contributed by atoms with Crippen LogP contribution in [0.3, 0.4) is 0 Å². The molecule has 2 aromatic heterocycles. The fourth-order valence-electron chi connectivity index (χ4n) is 1.95. The van der Waals surface area contributed by atoms with Gasteiger partial charge in [0, 0.05) is 16.8 Å². The summed E-state index contributed by atoms with van der Waals surface area (Å²) in [5.41, 5.74) is 8.59. The van der Waals surface area contributed by atoms with Crippen molar-refractivity contribution in [1.29, 1.82) is 0 Å². The summed E-state index contributed by atoms with van der Waals surface area (Å²) in [5, 5.41) is 2.07. The predicted molar refractivity (Wildman–Crippen MR) is 58.6 cm³/mol. The van der Waals surface area contributed by atoms with Crippen molar-refractivity contribution in [2.24, 2.45) is 5.73 Å². The lowest BCUT2D eigenvalue weighted by atomic mass is 10.0. The first-order chi connectivity index (χ1) is 7.27. The van der Waals surface area contributed by atoms with Crippen LogP contribution >= 0.6 is 0 Å². The van der Waals surface area contributed by atoms with E-state index < -0.39 is 0 Å². The number of rotatable bonds is 1. The van der Waals surface area contributed by atoms with Gasteiger partial charge in [-0.3, -0.25) is 0 Å². The smallest absolute Gasteiger partial charge is 0.177 e. The summed E-state index contributed by atoms with van der Waals surface area (Å²) >= 11 is 0. The van der Waals surface area contributed by atoms with Crippen molar-refractivity contribution < 1.29 is 8.83 Å². The Morgan fingerprint density at radius 3 is 2.67 bits per heavy atom. The molecule has 1 unspecified atom stereocenters. The molecule has 3 rings (SSSR count). The lowest BCUT2D eigenvalue weighted by Gasteiger charge is -2.06. The monoisotopic (exact) mass is 201 g/mol. The van der Waals surface area contributed by atoms with Crippen LogP contribution in [0.15, 0.2) is 39.6 Å². The lowest BCUT2D eigenvalue weighted by Crippen LogP contribution is -2.04. The van der Waals surface area contributed by atoms with Crippen LogP contribution in [0.2, 0.25) is 0 Å². The van der Waals surface area contributed by atoms with E-state index in [0.717, 1.165) is 27.5 Å². The molecule has 0 aliphatic carbocycles. The van der Waals surface area contributed by atoms with E-state index in [1.54, 1.807) is 12.5 Å². The molecule has 0 amide bonds. The third-order valence-corrected chi connectivity index (χ3v) is 2.68. The minimum Gasteiger partial charge on any atom is -0.460 e. The number of benzene rings is 1. The van der Waals surface area contributed by atoms with Gasteiger partial charge in [0.15, 0.2) is 11.2 Å². The topological polar surface area (TPSA) is 52.3 Å². The Morgan fingerprint density at radius 2 is 1.87 bits per heavy atom. The standard InChI is InChI=1S/C12H11NO2/c1-7(13)10-6-8-2-4-14-11(8)12-9(10)3-5-15-12/h2-7H,13H2,1H3. The molecule has 3 heteroatoms. The normalized spacial score (nSPS) is 13.7. The maximum absolute atomic E-state index is 5.93. The molecule has 2 N–H and O–H groups in total. The summed E-state index contributed by atoms with van der Waals surface area (Å²) in [4.78, 5) is 0. The molecule has 0 spiro atoms. The number of hydrogen-bond donors (Lipinski definition) is 1. The number of furan rings is 2. The van der Waals surface area contributed by atoms with Gasteiger partial charge in [0.25, 0.3) is 0 Å². The van der Waals surface area contributed by atoms with Crippen molar-refractivity contribution in [3.63, 3.8) is 0 Å². The van der Waals surface area contributed by atoms with E-state index in [4.69, 9.17) is 14.6 Å². The molecule has 2 heterocycles. The van der Waals surface area contributed by atoms with Crippen LogP contribution in [-0.4, -0.2) is 0 Å². The molecule has 0 aliphatic heterocycles. The van der Waals surface area contributed by atoms with Crippen LogP contribution in [-0.2, 0) is 0 Å². The predicted octanol–water partition coefficient (Wildman–Crippen LogP) is 3.20. The second-order valence-electron chi connectivity index (χ2n) is 3.76. The van der Waals surface area contributed by atoms with Crippen LogP contribution in [0.5, 0.6) is 0 Å². The van der Waals surface area contributed by atoms with E-state index in [1.165, 1.54) is 0 Å². The second kappa shape index (κ2) is 2.87. The van der Waals surface area contributed by atoms with Gasteiger partial charge in [0.2, 0.25) is 0 Å². The first kappa shape index (κ1) is 8.56. The van der Waals surface area contributed by atoms with Gasteiger partial charge < -0.3 is 14.6 Å². The fraction of sp³-hybridized carbons (Fsp3) is 0.167. The molecule has 0 bridgehead atoms. The van der Waals surface area contributed by atoms with Crippen LogP contribution in [0.4, 0.5) is 0 Å². The highest BCUT2D eigenvalue weighted by Crippen LogP contribution is 2.32. The van der Waals surface area contributed by atoms with Crippen molar-refractivity contribution >= 4 is 21.9 Å². The summed E-state index contributed by atoms with van der Waals surface area (Å²) < 4.78 is 10.8. The van der Waals surface area contributed by atoms with Crippen molar-refractivity contribution in [3.05, 3.63) is 36.3 Å². The highest BCUT2D eigenvalue weighted by atomic mass is 16.4. The van der Waals surface area contributed by atoms with Gasteiger partial charge in [-0.2, -0.15) is 0 Å². The van der Waals surface area contributed by atoms with Gasteiger partial charge in [-0.1, -0.05) is 0 Å². The fourth-order valence-corrected chi connectivity index (χ4v) is 1.95. The minimum absolute atomic E-state index is 0.00981. The number of nitrogens with two attached hydrogens (primary N) is 1. The van der Waals surface area contributed by atoms with Crippen LogP contribution in [0.1, 0.15) is 18.5 Å². The molecule has 3 nitrogen and oxygen atoms in total. The summed E-state index contributed by atoms with van der Waals surface area (Å²) in [6.07, 6.45) is 3.33. The van der Waals surface area contributed by atoms with Crippen LogP contribution in [0.25, 0.3) is 21.9 Å². The lowest BCUT2D eigenvalue weighted by molar-refractivity contribution is 0.582. The van der Waals surface area contributed by atoms with Crippen molar-refractivity contribution in [3.8, 4) is 0 Å². The largest absolute Gasteiger partial charge is 0.460 e. The zero-order chi connectivity index (χ0) is 10.4. The molecule has 76 valence electrons. The van der Waals surface area contributed by atoms with E-state index in [1.807, 2.05) is 19.1 Å². The molecule has 1 atom stereocenters. The highest BCUT2D eigenvalue weighted by molar-refractivity contribution is 6.02. The van der Waals surface area contributed by atoms with Crippen LogP contribution < -0.4 is 5.73 Å². The third-order valence-electron chi connectivity index (χ3n) is 2.68. The Hall–Kier alpha value is -1.74. The summed E-state index contributed by atoms with van der Waals surface area (Å²) in [6, 6.07) is 5.89. The number of fused-ring (bicyclic) bond motifs is 3. The Bertz CT molecular complexity index is 619. The Labute approximate surface area is 86.5 Å². The Morgan fingerprint density at radius 1 is 1.13 bits per heavy atom. The summed E-state index contributed by atoms with van der Waals surface area (Å²) in [6.45, 7) is 1.97. The molecule has 0 radical (unpaired) electrons. The van der Waals surface area contributed by atoms with E-state index in [-0.39, 0.29) is 6.04 Å². The van der Waals surface area contributed by atoms with Gasteiger partial charge >= 0.3 is 0 Å². The molecule has 0 saturated carbocycles. The molecule has 0 aliphatic rings. The summed E-state index contributed by atoms with van der Waals surface area (Å²) in [7, 11) is 0. The van der Waals surface area contributed by atoms with Gasteiger partial charge in [-0.15, -0.1) is 0 Å². The van der Waals surface area contributed by atoms with Gasteiger partial charge in [0.05, 0.1) is 12.5 Å². The molecule has 15 heavy (non-hydrogen) atoms. The van der Waals surface area contributed by atoms with E-state index in [9.17, 15) is 0 Å². The highest BCUT2D eigenvalue weighted by Gasteiger charge is 2.13. The molecular weight excluding hydrogens is 190 g/mol. The SMILES string of the molecule is CC(N)c1cc2ccoc2c2occc12. The maximum Gasteiger partial charge on any atom is 0.177 e. The Balaban J connectivity index is 2.54. The Kier molecular flexibility index (Phi) is 1.64. The average Bonchev–Trinajstić information content (AvgIpc) is 2.83. The van der Waals surface area contributed by atoms with E-state index in [0.29, 0.717) is 0 Å². The summed E-state index contributed by atoms with van der Waals surface area (Å²) in [5.74, 6) is 0. The second-order valence-corrected chi connectivity index (χ2v) is 3.76. The van der Waals surface area contributed by atoms with Crippen LogP contribution in [0, 0.1) is 0 Å². The van der Waals surface area contributed by atoms with E-state index in [2.05, 4.69) is 6.07 Å².